The van der Waals surface area contributed by atoms with Crippen molar-refractivity contribution in [2.75, 3.05) is 24.5 Å². The summed E-state index contributed by atoms with van der Waals surface area (Å²) in [6, 6.07) is 31.2. The zero-order valence-corrected chi connectivity index (χ0v) is 23.6. The Morgan fingerprint density at radius 3 is 1.63 bits per heavy atom. The molecule has 41 heavy (non-hydrogen) atoms. The molecule has 4 nitrogen and oxygen atoms in total. The monoisotopic (exact) mass is 576 g/mol. The number of hydrogen-bond donors (Lipinski definition) is 1. The molecule has 0 aromatic heterocycles. The predicted molar refractivity (Wildman–Crippen MR) is 161 cm³/mol. The lowest BCUT2D eigenvalue weighted by Crippen LogP contribution is -2.44. The van der Waals surface area contributed by atoms with E-state index in [1.165, 1.54) is 24.3 Å². The van der Waals surface area contributed by atoms with Gasteiger partial charge in [-0.05, 0) is 104 Å². The molecule has 1 N–H and O–H groups in total. The SMILES string of the molecule is Cl.O=C(CCCN1CCC(C(O)(c2ccc(F)cc2)c2ccc(F)cc2)CC1)N(c1ccccc1)c1ccccc1. The summed E-state index contributed by atoms with van der Waals surface area (Å²) >= 11 is 0. The van der Waals surface area contributed by atoms with Crippen molar-refractivity contribution in [1.29, 1.82) is 0 Å². The average molecular weight is 577 g/mol. The number of benzene rings is 4. The lowest BCUT2D eigenvalue weighted by atomic mass is 9.72. The minimum Gasteiger partial charge on any atom is -0.380 e. The van der Waals surface area contributed by atoms with Crippen LogP contribution >= 0.6 is 12.4 Å². The highest BCUT2D eigenvalue weighted by Gasteiger charge is 2.41. The first-order valence-electron chi connectivity index (χ1n) is 13.8. The molecule has 0 bridgehead atoms. The molecular formula is C34H35ClF2N2O2. The molecule has 4 aromatic carbocycles. The molecular weight excluding hydrogens is 542 g/mol. The maximum absolute atomic E-state index is 13.7. The van der Waals surface area contributed by atoms with E-state index >= 15 is 0 Å². The molecule has 5 rings (SSSR count). The van der Waals surface area contributed by atoms with Crippen molar-refractivity contribution in [3.63, 3.8) is 0 Å². The van der Waals surface area contributed by atoms with Crippen LogP contribution in [0.25, 0.3) is 0 Å². The summed E-state index contributed by atoms with van der Waals surface area (Å²) in [6.45, 7) is 2.32. The number of piperidine rings is 1. The Balaban J connectivity index is 0.00000387. The van der Waals surface area contributed by atoms with Gasteiger partial charge in [0.2, 0.25) is 5.91 Å². The minimum atomic E-state index is -1.35. The number of carbonyl (C=O) groups excluding carboxylic acids is 1. The first-order chi connectivity index (χ1) is 19.4. The number of halogens is 3. The Morgan fingerprint density at radius 1 is 0.756 bits per heavy atom. The van der Waals surface area contributed by atoms with Crippen LogP contribution in [-0.4, -0.2) is 35.5 Å². The molecule has 1 fully saturated rings. The maximum atomic E-state index is 13.7. The number of amides is 1. The van der Waals surface area contributed by atoms with Crippen LogP contribution < -0.4 is 4.90 Å². The summed E-state index contributed by atoms with van der Waals surface area (Å²) in [5.41, 5.74) is 1.55. The van der Waals surface area contributed by atoms with E-state index in [0.29, 0.717) is 17.5 Å². The summed E-state index contributed by atoms with van der Waals surface area (Å²) in [4.78, 5) is 17.5. The molecule has 1 amide bonds. The van der Waals surface area contributed by atoms with E-state index in [9.17, 15) is 18.7 Å². The van der Waals surface area contributed by atoms with Crippen molar-refractivity contribution in [1.82, 2.24) is 4.90 Å². The van der Waals surface area contributed by atoms with Gasteiger partial charge in [0, 0.05) is 17.8 Å². The summed E-state index contributed by atoms with van der Waals surface area (Å²) in [6.07, 6.45) is 2.58. The fourth-order valence-corrected chi connectivity index (χ4v) is 5.78. The first kappa shape index (κ1) is 30.4. The molecule has 1 saturated heterocycles. The van der Waals surface area contributed by atoms with Crippen molar-refractivity contribution < 1.29 is 18.7 Å². The van der Waals surface area contributed by atoms with Gasteiger partial charge in [0.1, 0.15) is 17.2 Å². The van der Waals surface area contributed by atoms with Crippen molar-refractivity contribution in [3.05, 3.63) is 132 Å². The average Bonchev–Trinajstić information content (AvgIpc) is 2.99. The number of likely N-dealkylation sites (tertiary alicyclic amines) is 1. The van der Waals surface area contributed by atoms with Crippen LogP contribution in [0, 0.1) is 17.6 Å². The highest BCUT2D eigenvalue weighted by molar-refractivity contribution is 6.00. The Hall–Kier alpha value is -3.58. The largest absolute Gasteiger partial charge is 0.380 e. The lowest BCUT2D eigenvalue weighted by Gasteiger charge is -2.42. The standard InChI is InChI=1S/C34H34F2N2O2.ClH/c35-29-17-13-26(14-18-29)34(40,27-15-19-30(36)20-16-27)28-21-24-37(25-22-28)23-7-12-33(39)38(31-8-3-1-4-9-31)32-10-5-2-6-11-32;/h1-6,8-11,13-20,28,40H,7,12,21-25H2;1H. The Labute approximate surface area is 246 Å². The topological polar surface area (TPSA) is 43.8 Å². The molecule has 214 valence electrons. The van der Waals surface area contributed by atoms with E-state index < -0.39 is 5.60 Å². The minimum absolute atomic E-state index is 0. The highest BCUT2D eigenvalue weighted by atomic mass is 35.5. The van der Waals surface area contributed by atoms with Crippen LogP contribution in [0.1, 0.15) is 36.8 Å². The third-order valence-corrected chi connectivity index (χ3v) is 7.89. The number of anilines is 2. The van der Waals surface area contributed by atoms with Gasteiger partial charge in [-0.1, -0.05) is 60.7 Å². The van der Waals surface area contributed by atoms with Crippen molar-refractivity contribution in [2.24, 2.45) is 5.92 Å². The molecule has 1 aliphatic rings. The zero-order valence-electron chi connectivity index (χ0n) is 22.8. The molecule has 0 spiro atoms. The first-order valence-corrected chi connectivity index (χ1v) is 13.8. The molecule has 0 saturated carbocycles. The predicted octanol–water partition coefficient (Wildman–Crippen LogP) is 7.48. The van der Waals surface area contributed by atoms with E-state index in [1.54, 1.807) is 29.2 Å². The van der Waals surface area contributed by atoms with Gasteiger partial charge >= 0.3 is 0 Å². The van der Waals surface area contributed by atoms with Crippen molar-refractivity contribution in [3.8, 4) is 0 Å². The van der Waals surface area contributed by atoms with Gasteiger partial charge in [-0.2, -0.15) is 0 Å². The third-order valence-electron chi connectivity index (χ3n) is 7.89. The van der Waals surface area contributed by atoms with Gasteiger partial charge in [0.15, 0.2) is 0 Å². The number of nitrogens with zero attached hydrogens (tertiary/aromatic N) is 2. The van der Waals surface area contributed by atoms with Gasteiger partial charge in [-0.15, -0.1) is 12.4 Å². The fourth-order valence-electron chi connectivity index (χ4n) is 5.78. The molecule has 7 heteroatoms. The normalized spacial score (nSPS) is 14.3. The van der Waals surface area contributed by atoms with E-state index in [0.717, 1.165) is 50.3 Å². The summed E-state index contributed by atoms with van der Waals surface area (Å²) in [7, 11) is 0. The smallest absolute Gasteiger partial charge is 0.231 e. The van der Waals surface area contributed by atoms with Gasteiger partial charge < -0.3 is 10.0 Å². The second kappa shape index (κ2) is 13.9. The van der Waals surface area contributed by atoms with Crippen LogP contribution in [0.2, 0.25) is 0 Å². The van der Waals surface area contributed by atoms with Gasteiger partial charge in [0.25, 0.3) is 0 Å². The number of carbonyl (C=O) groups is 1. The Kier molecular flexibility index (Phi) is 10.3. The zero-order chi connectivity index (χ0) is 28.0. The van der Waals surface area contributed by atoms with Crippen LogP contribution in [-0.2, 0) is 10.4 Å². The van der Waals surface area contributed by atoms with Crippen LogP contribution in [0.15, 0.2) is 109 Å². The van der Waals surface area contributed by atoms with E-state index in [4.69, 9.17) is 0 Å². The molecule has 1 aliphatic heterocycles. The highest BCUT2D eigenvalue weighted by Crippen LogP contribution is 2.42. The molecule has 0 aliphatic carbocycles. The molecule has 0 atom stereocenters. The van der Waals surface area contributed by atoms with Crippen molar-refractivity contribution in [2.45, 2.75) is 31.3 Å². The van der Waals surface area contributed by atoms with E-state index in [1.807, 2.05) is 60.7 Å². The quantitative estimate of drug-likeness (QED) is 0.225. The number of aliphatic hydroxyl groups is 1. The Bertz CT molecular complexity index is 1290. The molecule has 0 unspecified atom stereocenters. The Morgan fingerprint density at radius 2 is 1.20 bits per heavy atom. The van der Waals surface area contributed by atoms with E-state index in [2.05, 4.69) is 4.90 Å². The molecule has 4 aromatic rings. The van der Waals surface area contributed by atoms with E-state index in [-0.39, 0.29) is 35.9 Å². The summed E-state index contributed by atoms with van der Waals surface area (Å²) < 4.78 is 27.4. The maximum Gasteiger partial charge on any atom is 0.231 e. The second-order valence-corrected chi connectivity index (χ2v) is 10.4. The third kappa shape index (κ3) is 7.02. The second-order valence-electron chi connectivity index (χ2n) is 10.4. The summed E-state index contributed by atoms with van der Waals surface area (Å²) in [5, 5.41) is 12.1. The van der Waals surface area contributed by atoms with Crippen LogP contribution in [0.3, 0.4) is 0 Å². The van der Waals surface area contributed by atoms with Gasteiger partial charge in [0.05, 0.1) is 0 Å². The van der Waals surface area contributed by atoms with Gasteiger partial charge in [-0.25, -0.2) is 8.78 Å². The van der Waals surface area contributed by atoms with Gasteiger partial charge in [-0.3, -0.25) is 9.69 Å². The number of para-hydroxylation sites is 2. The fraction of sp³-hybridized carbons (Fsp3) is 0.265. The van der Waals surface area contributed by atoms with Crippen molar-refractivity contribution >= 4 is 29.7 Å². The summed E-state index contributed by atoms with van der Waals surface area (Å²) in [5.74, 6) is -0.803. The molecule has 0 radical (unpaired) electrons. The lowest BCUT2D eigenvalue weighted by molar-refractivity contribution is -0.118. The van der Waals surface area contributed by atoms with Crippen LogP contribution in [0.4, 0.5) is 20.2 Å². The number of rotatable bonds is 9. The number of hydrogen-bond acceptors (Lipinski definition) is 3. The van der Waals surface area contributed by atoms with Crippen LogP contribution in [0.5, 0.6) is 0 Å². The molecule has 1 heterocycles.